The van der Waals surface area contributed by atoms with Gasteiger partial charge in [-0.05, 0) is 44.0 Å². The van der Waals surface area contributed by atoms with Gasteiger partial charge in [0.2, 0.25) is 0 Å². The number of hydrazine groups is 1. The normalized spacial score (nSPS) is 12.7. The standard InChI is InChI=1S/C18H20N2O/c1-12-3-6-14(7-4-12)10-16(20-19)18-11-15-9-13(2)5-8-17(15)21-18/h3-9,11,16,20H,10,19H2,1-2H3. The highest BCUT2D eigenvalue weighted by Crippen LogP contribution is 2.26. The third-order valence-electron chi connectivity index (χ3n) is 3.80. The zero-order valence-electron chi connectivity index (χ0n) is 12.4. The summed E-state index contributed by atoms with van der Waals surface area (Å²) in [5.74, 6) is 6.60. The molecule has 0 aliphatic carbocycles. The van der Waals surface area contributed by atoms with E-state index >= 15 is 0 Å². The fraction of sp³-hybridized carbons (Fsp3) is 0.222. The van der Waals surface area contributed by atoms with Crippen LogP contribution in [0.15, 0.2) is 52.9 Å². The van der Waals surface area contributed by atoms with Crippen molar-refractivity contribution in [1.82, 2.24) is 5.43 Å². The number of nitrogens with one attached hydrogen (secondary N) is 1. The Labute approximate surface area is 124 Å². The lowest BCUT2D eigenvalue weighted by Crippen LogP contribution is -2.29. The summed E-state index contributed by atoms with van der Waals surface area (Å²) in [5.41, 5.74) is 7.49. The van der Waals surface area contributed by atoms with Crippen LogP contribution in [0.3, 0.4) is 0 Å². The van der Waals surface area contributed by atoms with Crippen molar-refractivity contribution in [3.8, 4) is 0 Å². The van der Waals surface area contributed by atoms with Crippen LogP contribution in [0.1, 0.15) is 28.5 Å². The molecule has 0 aliphatic heterocycles. The topological polar surface area (TPSA) is 51.2 Å². The Morgan fingerprint density at radius 2 is 1.71 bits per heavy atom. The van der Waals surface area contributed by atoms with Gasteiger partial charge in [0.15, 0.2) is 0 Å². The van der Waals surface area contributed by atoms with E-state index in [1.807, 2.05) is 6.07 Å². The van der Waals surface area contributed by atoms with Crippen LogP contribution in [0.5, 0.6) is 0 Å². The SMILES string of the molecule is Cc1ccc(CC(NN)c2cc3cc(C)ccc3o2)cc1. The molecule has 3 rings (SSSR count). The van der Waals surface area contributed by atoms with Gasteiger partial charge >= 0.3 is 0 Å². The van der Waals surface area contributed by atoms with Crippen molar-refractivity contribution in [2.24, 2.45) is 5.84 Å². The molecular weight excluding hydrogens is 260 g/mol. The van der Waals surface area contributed by atoms with Crippen LogP contribution in [-0.4, -0.2) is 0 Å². The van der Waals surface area contributed by atoms with Crippen LogP contribution in [0, 0.1) is 13.8 Å². The van der Waals surface area contributed by atoms with Crippen LogP contribution in [0.2, 0.25) is 0 Å². The molecule has 3 nitrogen and oxygen atoms in total. The lowest BCUT2D eigenvalue weighted by Gasteiger charge is -2.13. The highest BCUT2D eigenvalue weighted by Gasteiger charge is 2.15. The Bertz CT molecular complexity index is 744. The second-order valence-electron chi connectivity index (χ2n) is 5.60. The number of rotatable bonds is 4. The molecule has 1 unspecified atom stereocenters. The van der Waals surface area contributed by atoms with Crippen molar-refractivity contribution in [3.05, 3.63) is 71.0 Å². The van der Waals surface area contributed by atoms with Crippen LogP contribution in [0.25, 0.3) is 11.0 Å². The highest BCUT2D eigenvalue weighted by molar-refractivity contribution is 5.78. The number of benzene rings is 2. The smallest absolute Gasteiger partial charge is 0.134 e. The second kappa shape index (κ2) is 5.72. The van der Waals surface area contributed by atoms with Crippen LogP contribution >= 0.6 is 0 Å². The Balaban J connectivity index is 1.88. The summed E-state index contributed by atoms with van der Waals surface area (Å²) in [6.45, 7) is 4.17. The largest absolute Gasteiger partial charge is 0.459 e. The van der Waals surface area contributed by atoms with Gasteiger partial charge in [-0.1, -0.05) is 41.5 Å². The summed E-state index contributed by atoms with van der Waals surface area (Å²) >= 11 is 0. The Morgan fingerprint density at radius 1 is 1.00 bits per heavy atom. The summed E-state index contributed by atoms with van der Waals surface area (Å²) in [5, 5.41) is 1.12. The summed E-state index contributed by atoms with van der Waals surface area (Å²) in [6, 6.07) is 16.7. The Morgan fingerprint density at radius 3 is 2.43 bits per heavy atom. The maximum atomic E-state index is 5.93. The molecule has 0 amide bonds. The zero-order chi connectivity index (χ0) is 14.8. The molecule has 1 heterocycles. The third-order valence-corrected chi connectivity index (χ3v) is 3.80. The molecular formula is C18H20N2O. The van der Waals surface area contributed by atoms with E-state index < -0.39 is 0 Å². The minimum absolute atomic E-state index is 0.0274. The zero-order valence-corrected chi connectivity index (χ0v) is 12.4. The highest BCUT2D eigenvalue weighted by atomic mass is 16.3. The van der Waals surface area contributed by atoms with Gasteiger partial charge < -0.3 is 4.42 Å². The Kier molecular flexibility index (Phi) is 3.78. The van der Waals surface area contributed by atoms with Gasteiger partial charge in [-0.25, -0.2) is 5.43 Å². The monoisotopic (exact) mass is 280 g/mol. The predicted molar refractivity (Wildman–Crippen MR) is 85.9 cm³/mol. The van der Waals surface area contributed by atoms with Crippen molar-refractivity contribution >= 4 is 11.0 Å². The maximum Gasteiger partial charge on any atom is 0.134 e. The number of aryl methyl sites for hydroxylation is 2. The maximum absolute atomic E-state index is 5.93. The molecule has 0 bridgehead atoms. The first-order chi connectivity index (χ1) is 10.2. The first-order valence-electron chi connectivity index (χ1n) is 7.17. The van der Waals surface area contributed by atoms with E-state index in [0.29, 0.717) is 0 Å². The molecule has 3 N–H and O–H groups in total. The number of hydrogen-bond donors (Lipinski definition) is 2. The molecule has 3 aromatic rings. The molecule has 0 aliphatic rings. The number of fused-ring (bicyclic) bond motifs is 1. The average molecular weight is 280 g/mol. The molecule has 108 valence electrons. The average Bonchev–Trinajstić information content (AvgIpc) is 2.89. The van der Waals surface area contributed by atoms with Gasteiger partial charge in [0, 0.05) is 5.39 Å². The minimum atomic E-state index is -0.0274. The van der Waals surface area contributed by atoms with E-state index in [1.54, 1.807) is 0 Å². The van der Waals surface area contributed by atoms with Crippen molar-refractivity contribution < 1.29 is 4.42 Å². The molecule has 0 saturated carbocycles. The van der Waals surface area contributed by atoms with Gasteiger partial charge in [0.25, 0.3) is 0 Å². The van der Waals surface area contributed by atoms with E-state index in [1.165, 1.54) is 16.7 Å². The molecule has 1 atom stereocenters. The van der Waals surface area contributed by atoms with E-state index in [0.717, 1.165) is 23.2 Å². The van der Waals surface area contributed by atoms with Crippen molar-refractivity contribution in [2.45, 2.75) is 26.3 Å². The molecule has 0 radical (unpaired) electrons. The van der Waals surface area contributed by atoms with Crippen molar-refractivity contribution in [3.63, 3.8) is 0 Å². The van der Waals surface area contributed by atoms with Crippen LogP contribution < -0.4 is 11.3 Å². The van der Waals surface area contributed by atoms with Gasteiger partial charge in [-0.15, -0.1) is 0 Å². The molecule has 2 aromatic carbocycles. The van der Waals surface area contributed by atoms with Crippen molar-refractivity contribution in [1.29, 1.82) is 0 Å². The fourth-order valence-corrected chi connectivity index (χ4v) is 2.56. The fourth-order valence-electron chi connectivity index (χ4n) is 2.56. The molecule has 0 fully saturated rings. The number of furan rings is 1. The van der Waals surface area contributed by atoms with Crippen LogP contribution in [-0.2, 0) is 6.42 Å². The van der Waals surface area contributed by atoms with E-state index in [9.17, 15) is 0 Å². The Hall–Kier alpha value is -2.10. The summed E-state index contributed by atoms with van der Waals surface area (Å²) in [6.07, 6.45) is 0.801. The number of nitrogens with two attached hydrogens (primary N) is 1. The molecule has 0 spiro atoms. The van der Waals surface area contributed by atoms with Gasteiger partial charge in [0.05, 0.1) is 6.04 Å². The second-order valence-corrected chi connectivity index (χ2v) is 5.60. The molecule has 21 heavy (non-hydrogen) atoms. The van der Waals surface area contributed by atoms with Gasteiger partial charge in [-0.3, -0.25) is 5.84 Å². The lowest BCUT2D eigenvalue weighted by molar-refractivity contribution is 0.434. The first-order valence-corrected chi connectivity index (χ1v) is 7.17. The van der Waals surface area contributed by atoms with E-state index in [2.05, 4.69) is 61.7 Å². The van der Waals surface area contributed by atoms with Gasteiger partial charge in [0.1, 0.15) is 11.3 Å². The first kappa shape index (κ1) is 13.9. The quantitative estimate of drug-likeness (QED) is 0.564. The minimum Gasteiger partial charge on any atom is -0.459 e. The van der Waals surface area contributed by atoms with E-state index in [4.69, 9.17) is 10.3 Å². The van der Waals surface area contributed by atoms with Crippen LogP contribution in [0.4, 0.5) is 0 Å². The predicted octanol–water partition coefficient (Wildman–Crippen LogP) is 3.80. The molecule has 0 saturated heterocycles. The lowest BCUT2D eigenvalue weighted by atomic mass is 10.0. The van der Waals surface area contributed by atoms with Crippen molar-refractivity contribution in [2.75, 3.05) is 0 Å². The molecule has 3 heteroatoms. The van der Waals surface area contributed by atoms with Gasteiger partial charge in [-0.2, -0.15) is 0 Å². The number of hydrogen-bond acceptors (Lipinski definition) is 3. The third kappa shape index (κ3) is 2.99. The van der Waals surface area contributed by atoms with E-state index in [-0.39, 0.29) is 6.04 Å². The summed E-state index contributed by atoms with van der Waals surface area (Å²) < 4.78 is 5.93. The summed E-state index contributed by atoms with van der Waals surface area (Å²) in [7, 11) is 0. The summed E-state index contributed by atoms with van der Waals surface area (Å²) in [4.78, 5) is 0. The molecule has 1 aromatic heterocycles.